The molecule has 0 bridgehead atoms. The first kappa shape index (κ1) is 13.0. The number of halogens is 1. The van der Waals surface area contributed by atoms with Gasteiger partial charge in [-0.05, 0) is 38.9 Å². The number of rotatable bonds is 4. The van der Waals surface area contributed by atoms with Gasteiger partial charge in [-0.1, -0.05) is 0 Å². The summed E-state index contributed by atoms with van der Waals surface area (Å²) in [6.45, 7) is 4.40. The molecule has 0 saturated carbocycles. The van der Waals surface area contributed by atoms with Crippen LogP contribution in [-0.4, -0.2) is 37.0 Å². The molecule has 5 heteroatoms. The molecule has 0 aromatic carbocycles. The molecule has 1 heterocycles. The molecule has 0 unspecified atom stereocenters. The average molecular weight is 298 g/mol. The second kappa shape index (κ2) is 7.37. The molecule has 13 heavy (non-hydrogen) atoms. The predicted molar refractivity (Wildman–Crippen MR) is 66.4 cm³/mol. The van der Waals surface area contributed by atoms with Crippen molar-refractivity contribution in [3.8, 4) is 0 Å². The fourth-order valence-corrected chi connectivity index (χ4v) is 1.51. The van der Waals surface area contributed by atoms with E-state index >= 15 is 0 Å². The van der Waals surface area contributed by atoms with Crippen LogP contribution in [0.3, 0.4) is 0 Å². The molecule has 78 valence electrons. The molecular weight excluding hydrogens is 279 g/mol. The molecule has 0 spiro atoms. The van der Waals surface area contributed by atoms with Gasteiger partial charge in [0.2, 0.25) is 0 Å². The number of likely N-dealkylation sites (tertiary alicyclic amines) is 1. The molecule has 0 aliphatic carbocycles. The highest BCUT2D eigenvalue weighted by Crippen LogP contribution is 2.06. The van der Waals surface area contributed by atoms with Crippen LogP contribution in [0, 0.1) is 0 Å². The van der Waals surface area contributed by atoms with Crippen LogP contribution in [0.5, 0.6) is 0 Å². The molecule has 0 atom stereocenters. The SMILES string of the molecule is I.NC(N)=NCCCN1CCCC1. The summed E-state index contributed by atoms with van der Waals surface area (Å²) in [4.78, 5) is 6.39. The normalized spacial score (nSPS) is 16.6. The quantitative estimate of drug-likeness (QED) is 0.341. The lowest BCUT2D eigenvalue weighted by Crippen LogP contribution is -2.24. The minimum absolute atomic E-state index is 0. The molecule has 0 radical (unpaired) electrons. The average Bonchev–Trinajstić information content (AvgIpc) is 2.49. The maximum atomic E-state index is 5.20. The highest BCUT2D eigenvalue weighted by Gasteiger charge is 2.09. The summed E-state index contributed by atoms with van der Waals surface area (Å²) in [6, 6.07) is 0. The second-order valence-corrected chi connectivity index (χ2v) is 3.21. The van der Waals surface area contributed by atoms with Crippen molar-refractivity contribution in [1.82, 2.24) is 4.90 Å². The highest BCUT2D eigenvalue weighted by atomic mass is 127. The molecule has 1 rings (SSSR count). The highest BCUT2D eigenvalue weighted by molar-refractivity contribution is 14.0. The molecule has 4 nitrogen and oxygen atoms in total. The van der Waals surface area contributed by atoms with E-state index in [-0.39, 0.29) is 29.9 Å². The number of hydrogen-bond acceptors (Lipinski definition) is 2. The maximum absolute atomic E-state index is 5.20. The van der Waals surface area contributed by atoms with Crippen LogP contribution in [0.25, 0.3) is 0 Å². The van der Waals surface area contributed by atoms with Crippen molar-refractivity contribution in [3.63, 3.8) is 0 Å². The molecule has 1 aliphatic heterocycles. The van der Waals surface area contributed by atoms with Gasteiger partial charge < -0.3 is 16.4 Å². The van der Waals surface area contributed by atoms with Crippen molar-refractivity contribution in [3.05, 3.63) is 0 Å². The zero-order valence-corrected chi connectivity index (χ0v) is 10.2. The van der Waals surface area contributed by atoms with Crippen LogP contribution in [0.2, 0.25) is 0 Å². The lowest BCUT2D eigenvalue weighted by molar-refractivity contribution is 0.336. The van der Waals surface area contributed by atoms with Gasteiger partial charge in [-0.25, -0.2) is 0 Å². The summed E-state index contributed by atoms with van der Waals surface area (Å²) in [5, 5.41) is 0. The first-order valence-corrected chi connectivity index (χ1v) is 4.57. The zero-order chi connectivity index (χ0) is 8.81. The monoisotopic (exact) mass is 298 g/mol. The van der Waals surface area contributed by atoms with Gasteiger partial charge in [-0.2, -0.15) is 0 Å². The topological polar surface area (TPSA) is 67.6 Å². The fourth-order valence-electron chi connectivity index (χ4n) is 1.51. The van der Waals surface area contributed by atoms with Crippen molar-refractivity contribution in [2.75, 3.05) is 26.2 Å². The van der Waals surface area contributed by atoms with Crippen molar-refractivity contribution < 1.29 is 0 Å². The summed E-state index contributed by atoms with van der Waals surface area (Å²) < 4.78 is 0. The molecule has 1 fully saturated rings. The van der Waals surface area contributed by atoms with Gasteiger partial charge in [-0.3, -0.25) is 4.99 Å². The zero-order valence-electron chi connectivity index (χ0n) is 7.91. The summed E-state index contributed by atoms with van der Waals surface area (Å²) in [7, 11) is 0. The third-order valence-electron chi connectivity index (χ3n) is 2.13. The predicted octanol–water partition coefficient (Wildman–Crippen LogP) is 0.364. The minimum atomic E-state index is 0. The summed E-state index contributed by atoms with van der Waals surface area (Å²) >= 11 is 0. The Kier molecular flexibility index (Phi) is 7.35. The summed E-state index contributed by atoms with van der Waals surface area (Å²) in [5.41, 5.74) is 10.4. The van der Waals surface area contributed by atoms with Crippen LogP contribution in [0.15, 0.2) is 4.99 Å². The van der Waals surface area contributed by atoms with E-state index in [9.17, 15) is 0 Å². The standard InChI is InChI=1S/C8H18N4.HI/c9-8(10)11-4-3-7-12-5-1-2-6-12;/h1-7H2,(H4,9,10,11);1H. The van der Waals surface area contributed by atoms with Gasteiger partial charge in [-0.15, -0.1) is 24.0 Å². The van der Waals surface area contributed by atoms with E-state index in [1.54, 1.807) is 0 Å². The van der Waals surface area contributed by atoms with E-state index in [2.05, 4.69) is 9.89 Å². The van der Waals surface area contributed by atoms with Crippen LogP contribution in [0.4, 0.5) is 0 Å². The number of hydrogen-bond donors (Lipinski definition) is 2. The van der Waals surface area contributed by atoms with E-state index in [0.29, 0.717) is 0 Å². The number of nitrogens with zero attached hydrogens (tertiary/aromatic N) is 2. The van der Waals surface area contributed by atoms with Gasteiger partial charge >= 0.3 is 0 Å². The minimum Gasteiger partial charge on any atom is -0.370 e. The van der Waals surface area contributed by atoms with Crippen LogP contribution >= 0.6 is 24.0 Å². The van der Waals surface area contributed by atoms with Crippen molar-refractivity contribution >= 4 is 29.9 Å². The third kappa shape index (κ3) is 6.09. The molecule has 0 amide bonds. The Balaban J connectivity index is 0.00000144. The van der Waals surface area contributed by atoms with Gasteiger partial charge in [0.1, 0.15) is 0 Å². The smallest absolute Gasteiger partial charge is 0.185 e. The first-order chi connectivity index (χ1) is 5.79. The summed E-state index contributed by atoms with van der Waals surface area (Å²) in [6.07, 6.45) is 3.77. The van der Waals surface area contributed by atoms with Crippen molar-refractivity contribution in [1.29, 1.82) is 0 Å². The van der Waals surface area contributed by atoms with Gasteiger partial charge in [0.15, 0.2) is 5.96 Å². The van der Waals surface area contributed by atoms with E-state index in [1.165, 1.54) is 25.9 Å². The molecule has 0 aromatic heterocycles. The van der Waals surface area contributed by atoms with Crippen LogP contribution in [0.1, 0.15) is 19.3 Å². The summed E-state index contributed by atoms with van der Waals surface area (Å²) in [5.74, 6) is 0.205. The Morgan fingerprint density at radius 1 is 1.23 bits per heavy atom. The van der Waals surface area contributed by atoms with Crippen LogP contribution < -0.4 is 11.5 Å². The number of guanidine groups is 1. The Labute approximate surface area is 96.8 Å². The molecule has 0 aromatic rings. The van der Waals surface area contributed by atoms with E-state index in [4.69, 9.17) is 11.5 Å². The Bertz CT molecular complexity index is 150. The van der Waals surface area contributed by atoms with Crippen LogP contribution in [-0.2, 0) is 0 Å². The number of aliphatic imine (C=N–C) groups is 1. The molecule has 4 N–H and O–H groups in total. The Hall–Kier alpha value is -0.0400. The molecular formula is C8H19IN4. The van der Waals surface area contributed by atoms with E-state index < -0.39 is 0 Å². The maximum Gasteiger partial charge on any atom is 0.185 e. The van der Waals surface area contributed by atoms with E-state index in [1.807, 2.05) is 0 Å². The van der Waals surface area contributed by atoms with Gasteiger partial charge in [0, 0.05) is 6.54 Å². The first-order valence-electron chi connectivity index (χ1n) is 4.57. The Morgan fingerprint density at radius 3 is 2.38 bits per heavy atom. The lowest BCUT2D eigenvalue weighted by atomic mass is 10.4. The number of nitrogens with two attached hydrogens (primary N) is 2. The molecule has 1 saturated heterocycles. The second-order valence-electron chi connectivity index (χ2n) is 3.21. The third-order valence-corrected chi connectivity index (χ3v) is 2.13. The lowest BCUT2D eigenvalue weighted by Gasteiger charge is -2.12. The Morgan fingerprint density at radius 2 is 1.85 bits per heavy atom. The fraction of sp³-hybridized carbons (Fsp3) is 0.875. The molecule has 1 aliphatic rings. The van der Waals surface area contributed by atoms with E-state index in [0.717, 1.165) is 19.5 Å². The van der Waals surface area contributed by atoms with Gasteiger partial charge in [0.25, 0.3) is 0 Å². The van der Waals surface area contributed by atoms with Crippen molar-refractivity contribution in [2.45, 2.75) is 19.3 Å². The van der Waals surface area contributed by atoms with Crippen molar-refractivity contribution in [2.24, 2.45) is 16.5 Å². The largest absolute Gasteiger partial charge is 0.370 e. The van der Waals surface area contributed by atoms with Gasteiger partial charge in [0.05, 0.1) is 0 Å².